The molecule has 1 aliphatic heterocycles. The monoisotopic (exact) mass is 229 g/mol. The molecule has 2 atom stereocenters. The Morgan fingerprint density at radius 1 is 1.31 bits per heavy atom. The molecule has 0 aromatic rings. The molecule has 2 unspecified atom stereocenters. The summed E-state index contributed by atoms with van der Waals surface area (Å²) in [6, 6.07) is 0.721. The predicted molar refractivity (Wildman–Crippen MR) is 67.8 cm³/mol. The fourth-order valence-corrected chi connectivity index (χ4v) is 2.44. The second kappa shape index (κ2) is 7.22. The molecule has 0 aliphatic carbocycles. The molecule has 1 rings (SSSR count). The summed E-state index contributed by atoms with van der Waals surface area (Å²) in [5, 5.41) is 3.39. The molecule has 0 amide bonds. The molecule has 1 fully saturated rings. The highest BCUT2D eigenvalue weighted by atomic mass is 16.5. The Morgan fingerprint density at radius 2 is 2.06 bits per heavy atom. The molecule has 1 N–H and O–H groups in total. The van der Waals surface area contributed by atoms with E-state index in [1.807, 2.05) is 0 Å². The zero-order valence-corrected chi connectivity index (χ0v) is 11.2. The van der Waals surface area contributed by atoms with Gasteiger partial charge in [0.2, 0.25) is 0 Å². The van der Waals surface area contributed by atoms with Crippen LogP contribution in [0.25, 0.3) is 0 Å². The van der Waals surface area contributed by atoms with Crippen LogP contribution in [0.4, 0.5) is 0 Å². The molecule has 0 aromatic heterocycles. The maximum absolute atomic E-state index is 5.00. The molecule has 4 nitrogen and oxygen atoms in total. The van der Waals surface area contributed by atoms with Crippen molar-refractivity contribution in [2.45, 2.75) is 13.0 Å². The fraction of sp³-hybridized carbons (Fsp3) is 1.00. The highest BCUT2D eigenvalue weighted by molar-refractivity contribution is 4.86. The quantitative estimate of drug-likeness (QED) is 0.627. The van der Waals surface area contributed by atoms with Gasteiger partial charge in [-0.05, 0) is 20.0 Å². The summed E-state index contributed by atoms with van der Waals surface area (Å²) in [4.78, 5) is 4.90. The van der Waals surface area contributed by atoms with Gasteiger partial charge in [0.15, 0.2) is 0 Å². The lowest BCUT2D eigenvalue weighted by atomic mass is 10.1. The molecule has 0 spiro atoms. The Bertz CT molecular complexity index is 187. The van der Waals surface area contributed by atoms with Crippen molar-refractivity contribution in [3.63, 3.8) is 0 Å². The minimum absolute atomic E-state index is 0.721. The highest BCUT2D eigenvalue weighted by Crippen LogP contribution is 2.19. The molecule has 1 saturated heterocycles. The summed E-state index contributed by atoms with van der Waals surface area (Å²) in [6.45, 7) is 8.76. The summed E-state index contributed by atoms with van der Waals surface area (Å²) in [7, 11) is 6.11. The van der Waals surface area contributed by atoms with Crippen molar-refractivity contribution >= 4 is 0 Å². The number of nitrogens with one attached hydrogen (secondary N) is 1. The zero-order valence-electron chi connectivity index (χ0n) is 11.2. The number of likely N-dealkylation sites (N-methyl/N-ethyl adjacent to an activating group) is 1. The highest BCUT2D eigenvalue weighted by Gasteiger charge is 2.30. The van der Waals surface area contributed by atoms with Crippen LogP contribution in [0.2, 0.25) is 0 Å². The number of hydrogen-bond acceptors (Lipinski definition) is 4. The summed E-state index contributed by atoms with van der Waals surface area (Å²) >= 11 is 0. The van der Waals surface area contributed by atoms with E-state index in [-0.39, 0.29) is 0 Å². The third-order valence-corrected chi connectivity index (χ3v) is 3.40. The van der Waals surface area contributed by atoms with Crippen LogP contribution < -0.4 is 5.32 Å². The first-order valence-corrected chi connectivity index (χ1v) is 6.23. The fourth-order valence-electron chi connectivity index (χ4n) is 2.44. The van der Waals surface area contributed by atoms with E-state index in [1.54, 1.807) is 7.11 Å². The van der Waals surface area contributed by atoms with Crippen LogP contribution in [0.5, 0.6) is 0 Å². The molecule has 4 heteroatoms. The molecule has 0 bridgehead atoms. The summed E-state index contributed by atoms with van der Waals surface area (Å²) < 4.78 is 5.00. The van der Waals surface area contributed by atoms with Crippen molar-refractivity contribution in [3.8, 4) is 0 Å². The molecule has 0 saturated carbocycles. The molecular weight excluding hydrogens is 202 g/mol. The van der Waals surface area contributed by atoms with Crippen LogP contribution in [-0.4, -0.2) is 76.4 Å². The first kappa shape index (κ1) is 13.9. The van der Waals surface area contributed by atoms with Crippen LogP contribution in [0.15, 0.2) is 0 Å². The van der Waals surface area contributed by atoms with Crippen molar-refractivity contribution in [1.29, 1.82) is 0 Å². The zero-order chi connectivity index (χ0) is 12.0. The number of nitrogens with zero attached hydrogens (tertiary/aromatic N) is 2. The molecule has 16 heavy (non-hydrogen) atoms. The first-order chi connectivity index (χ1) is 7.65. The molecule has 96 valence electrons. The maximum atomic E-state index is 5.00. The van der Waals surface area contributed by atoms with Gasteiger partial charge in [0, 0.05) is 45.9 Å². The van der Waals surface area contributed by atoms with E-state index in [4.69, 9.17) is 4.74 Å². The lowest BCUT2D eigenvalue weighted by molar-refractivity contribution is 0.197. The lowest BCUT2D eigenvalue weighted by Gasteiger charge is -2.22. The normalized spacial score (nSPS) is 26.8. The third kappa shape index (κ3) is 4.37. The molecule has 1 aliphatic rings. The van der Waals surface area contributed by atoms with Gasteiger partial charge in [-0.15, -0.1) is 0 Å². The van der Waals surface area contributed by atoms with E-state index in [9.17, 15) is 0 Å². The topological polar surface area (TPSA) is 27.7 Å². The average molecular weight is 229 g/mol. The largest absolute Gasteiger partial charge is 0.383 e. The lowest BCUT2D eigenvalue weighted by Crippen LogP contribution is -2.36. The van der Waals surface area contributed by atoms with E-state index >= 15 is 0 Å². The van der Waals surface area contributed by atoms with Crippen molar-refractivity contribution in [1.82, 2.24) is 15.1 Å². The number of ether oxygens (including phenoxy) is 1. The average Bonchev–Trinajstić information content (AvgIpc) is 2.59. The number of likely N-dealkylation sites (tertiary alicyclic amines) is 1. The Morgan fingerprint density at radius 3 is 2.62 bits per heavy atom. The Balaban J connectivity index is 2.11. The van der Waals surface area contributed by atoms with E-state index < -0.39 is 0 Å². The van der Waals surface area contributed by atoms with Gasteiger partial charge in [0.05, 0.1) is 6.61 Å². The van der Waals surface area contributed by atoms with Crippen LogP contribution >= 0.6 is 0 Å². The predicted octanol–water partition coefficient (Wildman–Crippen LogP) is 0.104. The first-order valence-electron chi connectivity index (χ1n) is 6.23. The Labute approximate surface area is 99.9 Å². The van der Waals surface area contributed by atoms with Gasteiger partial charge < -0.3 is 19.9 Å². The number of rotatable bonds is 7. The SMILES string of the molecule is COCCNCCN1CC(C)C(N(C)C)C1. The minimum atomic E-state index is 0.721. The molecule has 0 aromatic carbocycles. The van der Waals surface area contributed by atoms with E-state index in [0.717, 1.165) is 38.2 Å². The molecular formula is C12H27N3O. The molecule has 0 radical (unpaired) electrons. The Kier molecular flexibility index (Phi) is 6.28. The van der Waals surface area contributed by atoms with Crippen molar-refractivity contribution in [3.05, 3.63) is 0 Å². The summed E-state index contributed by atoms with van der Waals surface area (Å²) in [5.74, 6) is 0.786. The van der Waals surface area contributed by atoms with Crippen molar-refractivity contribution in [2.75, 3.05) is 60.5 Å². The van der Waals surface area contributed by atoms with Crippen molar-refractivity contribution in [2.24, 2.45) is 5.92 Å². The standard InChI is InChI=1S/C12H27N3O/c1-11-9-15(10-12(11)14(2)3)7-5-13-6-8-16-4/h11-13H,5-10H2,1-4H3. The third-order valence-electron chi connectivity index (χ3n) is 3.40. The Hall–Kier alpha value is -0.160. The van der Waals surface area contributed by atoms with Crippen LogP contribution in [0.3, 0.4) is 0 Å². The van der Waals surface area contributed by atoms with Crippen LogP contribution in [-0.2, 0) is 4.74 Å². The van der Waals surface area contributed by atoms with E-state index in [0.29, 0.717) is 0 Å². The van der Waals surface area contributed by atoms with E-state index in [1.165, 1.54) is 13.1 Å². The summed E-state index contributed by atoms with van der Waals surface area (Å²) in [6.07, 6.45) is 0. The van der Waals surface area contributed by atoms with Crippen molar-refractivity contribution < 1.29 is 4.74 Å². The van der Waals surface area contributed by atoms with Gasteiger partial charge >= 0.3 is 0 Å². The number of methoxy groups -OCH3 is 1. The smallest absolute Gasteiger partial charge is 0.0587 e. The van der Waals surface area contributed by atoms with Crippen LogP contribution in [0.1, 0.15) is 6.92 Å². The van der Waals surface area contributed by atoms with Gasteiger partial charge in [-0.25, -0.2) is 0 Å². The number of hydrogen-bond donors (Lipinski definition) is 1. The van der Waals surface area contributed by atoms with Crippen LogP contribution in [0, 0.1) is 5.92 Å². The van der Waals surface area contributed by atoms with Gasteiger partial charge in [0.25, 0.3) is 0 Å². The van der Waals surface area contributed by atoms with Gasteiger partial charge in [-0.3, -0.25) is 0 Å². The van der Waals surface area contributed by atoms with Gasteiger partial charge in [0.1, 0.15) is 0 Å². The summed E-state index contributed by atoms with van der Waals surface area (Å²) in [5.41, 5.74) is 0. The van der Waals surface area contributed by atoms with Gasteiger partial charge in [-0.1, -0.05) is 6.92 Å². The maximum Gasteiger partial charge on any atom is 0.0587 e. The van der Waals surface area contributed by atoms with Gasteiger partial charge in [-0.2, -0.15) is 0 Å². The minimum Gasteiger partial charge on any atom is -0.383 e. The van der Waals surface area contributed by atoms with E-state index in [2.05, 4.69) is 36.1 Å². The second-order valence-corrected chi connectivity index (χ2v) is 5.01. The second-order valence-electron chi connectivity index (χ2n) is 5.01. The molecule has 1 heterocycles.